The Morgan fingerprint density at radius 2 is 1.96 bits per heavy atom. The smallest absolute Gasteiger partial charge is 0.256 e. The first-order valence-corrected chi connectivity index (χ1v) is 9.18. The van der Waals surface area contributed by atoms with E-state index in [9.17, 15) is 4.79 Å². The molecule has 3 rings (SSSR count). The van der Waals surface area contributed by atoms with Gasteiger partial charge in [0.1, 0.15) is 5.82 Å². The van der Waals surface area contributed by atoms with E-state index < -0.39 is 0 Å². The predicted molar refractivity (Wildman–Crippen MR) is 95.6 cm³/mol. The average molecular weight is 358 g/mol. The molecule has 1 fully saturated rings. The summed E-state index contributed by atoms with van der Waals surface area (Å²) < 4.78 is 1.84. The monoisotopic (exact) mass is 358 g/mol. The Kier molecular flexibility index (Phi) is 5.92. The molecule has 0 aromatic carbocycles. The number of amides is 1. The Morgan fingerprint density at radius 1 is 1.27 bits per heavy atom. The number of rotatable bonds is 6. The lowest BCUT2D eigenvalue weighted by Gasteiger charge is -2.31. The summed E-state index contributed by atoms with van der Waals surface area (Å²) in [6.45, 7) is 6.40. The molecule has 0 saturated carbocycles. The zero-order valence-electron chi connectivity index (χ0n) is 15.4. The SMILES string of the molecule is CC(C)c1ncc(C(=O)N2CCC(Cn3cc(CCO)nn3)CC2)cn1. The van der Waals surface area contributed by atoms with Crippen LogP contribution in [0.5, 0.6) is 0 Å². The van der Waals surface area contributed by atoms with Crippen LogP contribution in [-0.4, -0.2) is 60.6 Å². The van der Waals surface area contributed by atoms with Crippen molar-refractivity contribution in [1.82, 2.24) is 29.9 Å². The molecule has 2 aromatic heterocycles. The molecule has 0 spiro atoms. The molecule has 0 aliphatic carbocycles. The number of aliphatic hydroxyl groups is 1. The summed E-state index contributed by atoms with van der Waals surface area (Å²) in [5.74, 6) is 1.49. The van der Waals surface area contributed by atoms with Gasteiger partial charge in [0.25, 0.3) is 5.91 Å². The molecule has 1 saturated heterocycles. The van der Waals surface area contributed by atoms with E-state index in [4.69, 9.17) is 5.11 Å². The van der Waals surface area contributed by atoms with Crippen molar-refractivity contribution in [3.8, 4) is 0 Å². The van der Waals surface area contributed by atoms with Gasteiger partial charge in [-0.2, -0.15) is 0 Å². The summed E-state index contributed by atoms with van der Waals surface area (Å²) >= 11 is 0. The Hall–Kier alpha value is -2.35. The minimum absolute atomic E-state index is 0.00439. The second kappa shape index (κ2) is 8.35. The maximum atomic E-state index is 12.6. The lowest BCUT2D eigenvalue weighted by atomic mass is 9.96. The number of carbonyl (C=O) groups excluding carboxylic acids is 1. The lowest BCUT2D eigenvalue weighted by Crippen LogP contribution is -2.39. The van der Waals surface area contributed by atoms with Crippen LogP contribution in [0.1, 0.15) is 54.5 Å². The molecular weight excluding hydrogens is 332 g/mol. The minimum atomic E-state index is 0.00439. The van der Waals surface area contributed by atoms with Gasteiger partial charge in [-0.3, -0.25) is 9.48 Å². The Labute approximate surface area is 153 Å². The zero-order chi connectivity index (χ0) is 18.5. The number of nitrogens with zero attached hydrogens (tertiary/aromatic N) is 6. The maximum absolute atomic E-state index is 12.6. The van der Waals surface area contributed by atoms with E-state index in [1.54, 1.807) is 12.4 Å². The summed E-state index contributed by atoms with van der Waals surface area (Å²) in [7, 11) is 0. The van der Waals surface area contributed by atoms with Crippen LogP contribution in [0.2, 0.25) is 0 Å². The van der Waals surface area contributed by atoms with Gasteiger partial charge < -0.3 is 10.0 Å². The van der Waals surface area contributed by atoms with Gasteiger partial charge >= 0.3 is 0 Å². The van der Waals surface area contributed by atoms with Crippen molar-refractivity contribution >= 4 is 5.91 Å². The quantitative estimate of drug-likeness (QED) is 0.835. The van der Waals surface area contributed by atoms with Crippen LogP contribution in [0, 0.1) is 5.92 Å². The fourth-order valence-electron chi connectivity index (χ4n) is 3.17. The van der Waals surface area contributed by atoms with Gasteiger partial charge in [0.15, 0.2) is 0 Å². The summed E-state index contributed by atoms with van der Waals surface area (Å²) in [5, 5.41) is 17.1. The van der Waals surface area contributed by atoms with Gasteiger partial charge in [0, 0.05) is 57.2 Å². The molecular formula is C18H26N6O2. The van der Waals surface area contributed by atoms with Crippen LogP contribution in [0.15, 0.2) is 18.6 Å². The van der Waals surface area contributed by atoms with Gasteiger partial charge in [0.05, 0.1) is 11.3 Å². The van der Waals surface area contributed by atoms with Crippen LogP contribution < -0.4 is 0 Å². The third-order valence-electron chi connectivity index (χ3n) is 4.74. The first kappa shape index (κ1) is 18.4. The third-order valence-corrected chi connectivity index (χ3v) is 4.74. The number of carbonyl (C=O) groups is 1. The van der Waals surface area contributed by atoms with Crippen LogP contribution in [-0.2, 0) is 13.0 Å². The van der Waals surface area contributed by atoms with E-state index in [-0.39, 0.29) is 18.4 Å². The standard InChI is InChI=1S/C18H26N6O2/c1-13(2)17-19-9-15(10-20-17)18(26)23-6-3-14(4-7-23)11-24-12-16(5-8-25)21-22-24/h9-10,12-14,25H,3-8,11H2,1-2H3. The van der Waals surface area contributed by atoms with Crippen molar-refractivity contribution in [2.45, 2.75) is 45.6 Å². The lowest BCUT2D eigenvalue weighted by molar-refractivity contribution is 0.0680. The van der Waals surface area contributed by atoms with E-state index in [1.165, 1.54) is 0 Å². The topological polar surface area (TPSA) is 97.0 Å². The molecule has 8 nitrogen and oxygen atoms in total. The second-order valence-corrected chi connectivity index (χ2v) is 7.13. The van der Waals surface area contributed by atoms with Gasteiger partial charge in [-0.05, 0) is 18.8 Å². The maximum Gasteiger partial charge on any atom is 0.256 e. The summed E-state index contributed by atoms with van der Waals surface area (Å²) in [6.07, 6.45) is 7.56. The van der Waals surface area contributed by atoms with E-state index >= 15 is 0 Å². The van der Waals surface area contributed by atoms with Crippen molar-refractivity contribution in [1.29, 1.82) is 0 Å². The first-order valence-electron chi connectivity index (χ1n) is 9.18. The van der Waals surface area contributed by atoms with Crippen molar-refractivity contribution in [2.24, 2.45) is 5.92 Å². The number of hydrogen-bond acceptors (Lipinski definition) is 6. The fourth-order valence-corrected chi connectivity index (χ4v) is 3.17. The average Bonchev–Trinajstić information content (AvgIpc) is 3.09. The number of aromatic nitrogens is 5. The van der Waals surface area contributed by atoms with Crippen LogP contribution >= 0.6 is 0 Å². The first-order chi connectivity index (χ1) is 12.6. The number of aliphatic hydroxyl groups excluding tert-OH is 1. The van der Waals surface area contributed by atoms with E-state index in [2.05, 4.69) is 20.3 Å². The summed E-state index contributed by atoms with van der Waals surface area (Å²) in [5.41, 5.74) is 1.36. The number of likely N-dealkylation sites (tertiary alicyclic amines) is 1. The predicted octanol–water partition coefficient (Wildman–Crippen LogP) is 1.28. The Balaban J connectivity index is 1.51. The van der Waals surface area contributed by atoms with Gasteiger partial charge in [-0.25, -0.2) is 9.97 Å². The van der Waals surface area contributed by atoms with Crippen molar-refractivity contribution in [3.05, 3.63) is 35.7 Å². The highest BCUT2D eigenvalue weighted by Gasteiger charge is 2.24. The third kappa shape index (κ3) is 4.43. The molecule has 0 unspecified atom stereocenters. The zero-order valence-corrected chi connectivity index (χ0v) is 15.4. The molecule has 3 heterocycles. The second-order valence-electron chi connectivity index (χ2n) is 7.13. The molecule has 8 heteroatoms. The normalized spacial score (nSPS) is 15.6. The molecule has 1 amide bonds. The van der Waals surface area contributed by atoms with Crippen LogP contribution in [0.25, 0.3) is 0 Å². The molecule has 0 atom stereocenters. The Bertz CT molecular complexity index is 720. The van der Waals surface area contributed by atoms with Gasteiger partial charge in [-0.15, -0.1) is 5.10 Å². The fraction of sp³-hybridized carbons (Fsp3) is 0.611. The van der Waals surface area contributed by atoms with Crippen LogP contribution in [0.3, 0.4) is 0 Å². The molecule has 0 radical (unpaired) electrons. The van der Waals surface area contributed by atoms with Gasteiger partial charge in [0.2, 0.25) is 0 Å². The van der Waals surface area contributed by atoms with E-state index in [0.29, 0.717) is 17.9 Å². The van der Waals surface area contributed by atoms with Crippen molar-refractivity contribution in [2.75, 3.05) is 19.7 Å². The number of piperidine rings is 1. The molecule has 26 heavy (non-hydrogen) atoms. The molecule has 1 aliphatic heterocycles. The van der Waals surface area contributed by atoms with Gasteiger partial charge in [-0.1, -0.05) is 19.1 Å². The highest BCUT2D eigenvalue weighted by atomic mass is 16.3. The molecule has 0 bridgehead atoms. The highest BCUT2D eigenvalue weighted by Crippen LogP contribution is 2.20. The molecule has 140 valence electrons. The summed E-state index contributed by atoms with van der Waals surface area (Å²) in [6, 6.07) is 0. The molecule has 1 N–H and O–H groups in total. The number of hydrogen-bond donors (Lipinski definition) is 1. The van der Waals surface area contributed by atoms with Crippen molar-refractivity contribution in [3.63, 3.8) is 0 Å². The Morgan fingerprint density at radius 3 is 2.58 bits per heavy atom. The highest BCUT2D eigenvalue weighted by molar-refractivity contribution is 5.93. The summed E-state index contributed by atoms with van der Waals surface area (Å²) in [4.78, 5) is 23.1. The van der Waals surface area contributed by atoms with Crippen LogP contribution in [0.4, 0.5) is 0 Å². The minimum Gasteiger partial charge on any atom is -0.396 e. The van der Waals surface area contributed by atoms with E-state index in [1.807, 2.05) is 29.6 Å². The van der Waals surface area contributed by atoms with Crippen molar-refractivity contribution < 1.29 is 9.90 Å². The largest absolute Gasteiger partial charge is 0.396 e. The molecule has 1 aliphatic rings. The van der Waals surface area contributed by atoms with E-state index in [0.717, 1.165) is 44.0 Å². The molecule has 2 aromatic rings.